The zero-order valence-electron chi connectivity index (χ0n) is 19.8. The lowest BCUT2D eigenvalue weighted by molar-refractivity contribution is -0.137. The maximum atomic E-state index is 13.6. The highest BCUT2D eigenvalue weighted by molar-refractivity contribution is 7.89. The molecule has 2 saturated heterocycles. The van der Waals surface area contributed by atoms with Gasteiger partial charge in [0, 0.05) is 37.1 Å². The van der Waals surface area contributed by atoms with E-state index in [1.165, 1.54) is 31.3 Å². The summed E-state index contributed by atoms with van der Waals surface area (Å²) in [5, 5.41) is 3.04. The predicted octanol–water partition coefficient (Wildman–Crippen LogP) is 2.64. The minimum atomic E-state index is -4.07. The van der Waals surface area contributed by atoms with Gasteiger partial charge in [0.05, 0.1) is 11.3 Å². The number of hydrogen-bond donors (Lipinski definition) is 1. The number of amides is 2. The molecule has 8 nitrogen and oxygen atoms in total. The highest BCUT2D eigenvalue weighted by atomic mass is 35.5. The molecule has 34 heavy (non-hydrogen) atoms. The molecule has 3 aliphatic heterocycles. The van der Waals surface area contributed by atoms with Gasteiger partial charge in [0.2, 0.25) is 11.8 Å². The molecule has 0 aromatic heterocycles. The van der Waals surface area contributed by atoms with E-state index in [-0.39, 0.29) is 17.2 Å². The Bertz CT molecular complexity index is 1080. The number of aryl methyl sites for hydroxylation is 2. The van der Waals surface area contributed by atoms with Crippen LogP contribution in [0.1, 0.15) is 43.2 Å². The van der Waals surface area contributed by atoms with E-state index in [1.54, 1.807) is 24.8 Å². The smallest absolute Gasteiger partial charge is 0.264 e. The average Bonchev–Trinajstić information content (AvgIpc) is 3.30. The van der Waals surface area contributed by atoms with Crippen LogP contribution in [0.5, 0.6) is 0 Å². The van der Waals surface area contributed by atoms with Gasteiger partial charge in [0.25, 0.3) is 10.0 Å². The number of likely N-dealkylation sites (tertiary alicyclic amines) is 2. The fraction of sp³-hybridized carbons (Fsp3) is 0.583. The van der Waals surface area contributed by atoms with Crippen molar-refractivity contribution in [3.8, 4) is 0 Å². The number of carbonyl (C=O) groups is 2. The molecule has 0 spiro atoms. The number of hydrogen-bond acceptors (Lipinski definition) is 5. The average molecular weight is 509 g/mol. The Labute approximate surface area is 207 Å². The predicted molar refractivity (Wildman–Crippen MR) is 131 cm³/mol. The van der Waals surface area contributed by atoms with Crippen molar-refractivity contribution in [3.63, 3.8) is 0 Å². The van der Waals surface area contributed by atoms with Crippen LogP contribution in [0.2, 0.25) is 5.02 Å². The topological polar surface area (TPSA) is 90.0 Å². The van der Waals surface area contributed by atoms with Crippen LogP contribution in [0.4, 0.5) is 0 Å². The summed E-state index contributed by atoms with van der Waals surface area (Å²) >= 11 is 6.15. The summed E-state index contributed by atoms with van der Waals surface area (Å²) in [5.74, 6) is -0.283. The van der Waals surface area contributed by atoms with Gasteiger partial charge in [0.1, 0.15) is 6.04 Å². The normalized spacial score (nSPS) is 23.9. The molecular weight excluding hydrogens is 476 g/mol. The maximum Gasteiger partial charge on any atom is 0.264 e. The highest BCUT2D eigenvalue weighted by Crippen LogP contribution is 2.29. The number of sulfonamides is 1. The Morgan fingerprint density at radius 3 is 2.59 bits per heavy atom. The van der Waals surface area contributed by atoms with Gasteiger partial charge in [-0.3, -0.25) is 13.9 Å². The molecule has 186 valence electrons. The maximum absolute atomic E-state index is 13.6. The molecule has 4 rings (SSSR count). The van der Waals surface area contributed by atoms with Gasteiger partial charge < -0.3 is 15.1 Å². The van der Waals surface area contributed by atoms with Gasteiger partial charge in [-0.25, -0.2) is 8.42 Å². The van der Waals surface area contributed by atoms with Gasteiger partial charge in [-0.1, -0.05) is 11.6 Å². The molecule has 1 N–H and O–H groups in total. The molecule has 10 heteroatoms. The third-order valence-electron chi connectivity index (χ3n) is 7.02. The van der Waals surface area contributed by atoms with Crippen molar-refractivity contribution in [1.29, 1.82) is 0 Å². The lowest BCUT2D eigenvalue weighted by atomic mass is 9.96. The van der Waals surface area contributed by atoms with Crippen molar-refractivity contribution in [2.24, 2.45) is 5.92 Å². The second kappa shape index (κ2) is 10.3. The standard InChI is InChI=1S/C24H33ClN4O4S/c1-17-13-22(18(2)12-20(17)25)34(32,33)29-11-7-26-24(31)21(29)14-23(30)28-10-5-6-19(16-28)15-27-8-3-4-9-27/h7,11-13,19,21H,3-6,8-10,14-16H2,1-2H3,(H,26,31)/t19?,21-/m1/s1. The van der Waals surface area contributed by atoms with E-state index in [2.05, 4.69) is 10.2 Å². The molecule has 0 saturated carbocycles. The monoisotopic (exact) mass is 508 g/mol. The molecule has 0 radical (unpaired) electrons. The first kappa shape index (κ1) is 25.0. The summed E-state index contributed by atoms with van der Waals surface area (Å²) < 4.78 is 28.1. The minimum Gasteiger partial charge on any atom is -0.342 e. The summed E-state index contributed by atoms with van der Waals surface area (Å²) in [5.41, 5.74) is 1.11. The molecule has 3 aliphatic rings. The SMILES string of the molecule is Cc1cc(S(=O)(=O)N2C=CNC(=O)[C@H]2CC(=O)N2CCCC(CN3CCCC3)C2)c(C)cc1Cl. The fourth-order valence-electron chi connectivity index (χ4n) is 5.15. The third-order valence-corrected chi connectivity index (χ3v) is 9.36. The van der Waals surface area contributed by atoms with E-state index in [4.69, 9.17) is 11.6 Å². The Hall–Kier alpha value is -2.10. The van der Waals surface area contributed by atoms with Crippen molar-refractivity contribution in [2.75, 3.05) is 32.7 Å². The van der Waals surface area contributed by atoms with Crippen molar-refractivity contribution in [2.45, 2.75) is 56.9 Å². The minimum absolute atomic E-state index is 0.0786. The van der Waals surface area contributed by atoms with Crippen LogP contribution in [0.15, 0.2) is 29.4 Å². The molecule has 1 aromatic rings. The van der Waals surface area contributed by atoms with E-state index < -0.39 is 22.0 Å². The second-order valence-electron chi connectivity index (χ2n) is 9.60. The van der Waals surface area contributed by atoms with E-state index in [0.717, 1.165) is 36.8 Å². The third kappa shape index (κ3) is 5.26. The zero-order valence-corrected chi connectivity index (χ0v) is 21.4. The number of rotatable bonds is 6. The summed E-state index contributed by atoms with van der Waals surface area (Å²) in [6.07, 6.45) is 6.90. The van der Waals surface area contributed by atoms with Crippen molar-refractivity contribution in [3.05, 3.63) is 40.7 Å². The van der Waals surface area contributed by atoms with Crippen molar-refractivity contribution >= 4 is 33.4 Å². The van der Waals surface area contributed by atoms with Gasteiger partial charge >= 0.3 is 0 Å². The summed E-state index contributed by atoms with van der Waals surface area (Å²) in [6, 6.07) is 1.97. The Kier molecular flexibility index (Phi) is 7.54. The molecule has 2 atom stereocenters. The van der Waals surface area contributed by atoms with Crippen LogP contribution in [-0.2, 0) is 19.6 Å². The number of carbonyl (C=O) groups excluding carboxylic acids is 2. The lowest BCUT2D eigenvalue weighted by Gasteiger charge is -2.37. The Morgan fingerprint density at radius 1 is 1.12 bits per heavy atom. The second-order valence-corrected chi connectivity index (χ2v) is 11.8. The van der Waals surface area contributed by atoms with E-state index >= 15 is 0 Å². The van der Waals surface area contributed by atoms with E-state index in [0.29, 0.717) is 35.2 Å². The van der Waals surface area contributed by atoms with Crippen LogP contribution in [0.25, 0.3) is 0 Å². The molecule has 0 aliphatic carbocycles. The molecule has 1 unspecified atom stereocenters. The summed E-state index contributed by atoms with van der Waals surface area (Å²) in [6.45, 7) is 7.93. The zero-order chi connectivity index (χ0) is 24.5. The van der Waals surface area contributed by atoms with E-state index in [9.17, 15) is 18.0 Å². The van der Waals surface area contributed by atoms with Crippen LogP contribution in [-0.4, -0.2) is 73.1 Å². The quantitative estimate of drug-likeness (QED) is 0.638. The molecule has 2 fully saturated rings. The summed E-state index contributed by atoms with van der Waals surface area (Å²) in [4.78, 5) is 30.3. The van der Waals surface area contributed by atoms with Crippen molar-refractivity contribution in [1.82, 2.24) is 19.4 Å². The highest BCUT2D eigenvalue weighted by Gasteiger charge is 2.39. The lowest BCUT2D eigenvalue weighted by Crippen LogP contribution is -2.52. The molecular formula is C24H33ClN4O4S. The first-order valence-electron chi connectivity index (χ1n) is 11.9. The first-order valence-corrected chi connectivity index (χ1v) is 13.8. The summed E-state index contributed by atoms with van der Waals surface area (Å²) in [7, 11) is -4.07. The fourth-order valence-corrected chi connectivity index (χ4v) is 7.11. The number of nitrogens with one attached hydrogen (secondary N) is 1. The molecule has 3 heterocycles. The Balaban J connectivity index is 1.50. The number of nitrogens with zero attached hydrogens (tertiary/aromatic N) is 3. The van der Waals surface area contributed by atoms with Gasteiger partial charge in [-0.2, -0.15) is 0 Å². The van der Waals surface area contributed by atoms with Crippen LogP contribution in [0.3, 0.4) is 0 Å². The Morgan fingerprint density at radius 2 is 1.85 bits per heavy atom. The van der Waals surface area contributed by atoms with Gasteiger partial charge in [0.15, 0.2) is 0 Å². The van der Waals surface area contributed by atoms with Crippen LogP contribution < -0.4 is 5.32 Å². The van der Waals surface area contributed by atoms with Gasteiger partial charge in [-0.15, -0.1) is 0 Å². The number of halogens is 1. The molecule has 2 amide bonds. The van der Waals surface area contributed by atoms with Crippen LogP contribution >= 0.6 is 11.6 Å². The van der Waals surface area contributed by atoms with Crippen molar-refractivity contribution < 1.29 is 18.0 Å². The molecule has 0 bridgehead atoms. The number of benzene rings is 1. The van der Waals surface area contributed by atoms with Gasteiger partial charge in [-0.05, 0) is 81.8 Å². The van der Waals surface area contributed by atoms with Crippen LogP contribution in [0, 0.1) is 19.8 Å². The largest absolute Gasteiger partial charge is 0.342 e. The molecule has 1 aromatic carbocycles. The van der Waals surface area contributed by atoms with E-state index in [1.807, 2.05) is 0 Å². The number of piperidine rings is 1. The first-order chi connectivity index (χ1) is 16.2.